The maximum atomic E-state index is 13.6. The Morgan fingerprint density at radius 1 is 1.59 bits per heavy atom. The molecule has 1 aliphatic heterocycles. The summed E-state index contributed by atoms with van der Waals surface area (Å²) in [5.41, 5.74) is 0.194. The molecule has 2 heterocycles. The fourth-order valence-corrected chi connectivity index (χ4v) is 2.39. The normalized spacial score (nSPS) is 18.0. The van der Waals surface area contributed by atoms with Crippen molar-refractivity contribution >= 4 is 11.9 Å². The number of amides is 1. The molecular weight excluding hydrogens is 289 g/mol. The van der Waals surface area contributed by atoms with Crippen molar-refractivity contribution in [2.45, 2.75) is 13.4 Å². The fourth-order valence-electron chi connectivity index (χ4n) is 2.39. The highest BCUT2D eigenvalue weighted by Gasteiger charge is 2.29. The second-order valence-corrected chi connectivity index (χ2v) is 4.72. The van der Waals surface area contributed by atoms with Crippen LogP contribution < -0.4 is 0 Å². The van der Waals surface area contributed by atoms with Gasteiger partial charge in [-0.1, -0.05) is 0 Å². The molecule has 1 aromatic heterocycles. The third kappa shape index (κ3) is 2.14. The molecule has 6 nitrogen and oxygen atoms in total. The minimum absolute atomic E-state index is 0.0615. The molecule has 2 aromatic rings. The maximum absolute atomic E-state index is 13.6. The molecule has 1 aliphatic rings. The SMILES string of the molecule is [2H]C([2H])([2H])C([2H])([2H])OC(=O)c1ncn2c1CN(C)C(=O)c1cc(F)ccc1-2. The Balaban J connectivity index is 2.06. The van der Waals surface area contributed by atoms with Crippen molar-refractivity contribution in [1.29, 1.82) is 0 Å². The molecule has 22 heavy (non-hydrogen) atoms. The minimum atomic E-state index is -3.21. The van der Waals surface area contributed by atoms with E-state index in [1.165, 1.54) is 28.9 Å². The highest BCUT2D eigenvalue weighted by Crippen LogP contribution is 2.26. The van der Waals surface area contributed by atoms with Crippen molar-refractivity contribution < 1.29 is 25.6 Å². The third-order valence-electron chi connectivity index (χ3n) is 3.39. The third-order valence-corrected chi connectivity index (χ3v) is 3.39. The molecule has 7 heteroatoms. The number of rotatable bonds is 2. The van der Waals surface area contributed by atoms with Gasteiger partial charge in [-0.3, -0.25) is 9.36 Å². The molecule has 0 saturated heterocycles. The second kappa shape index (κ2) is 5.25. The van der Waals surface area contributed by atoms with Crippen LogP contribution in [0, 0.1) is 5.82 Å². The van der Waals surface area contributed by atoms with E-state index >= 15 is 0 Å². The number of carbonyl (C=O) groups is 2. The minimum Gasteiger partial charge on any atom is -0.461 e. The Morgan fingerprint density at radius 3 is 3.18 bits per heavy atom. The van der Waals surface area contributed by atoms with Gasteiger partial charge in [-0.25, -0.2) is 14.2 Å². The standard InChI is InChI=1S/C15H14FN3O3/c1-3-22-15(21)13-12-7-18(2)14(20)10-6-9(16)4-5-11(10)19(12)8-17-13/h4-6,8H,3,7H2,1-2H3/i1D3,3D2. The number of hydrogen-bond acceptors (Lipinski definition) is 4. The molecule has 0 unspecified atom stereocenters. The molecule has 0 N–H and O–H groups in total. The lowest BCUT2D eigenvalue weighted by molar-refractivity contribution is 0.0516. The zero-order chi connectivity index (χ0) is 20.1. The summed E-state index contributed by atoms with van der Waals surface area (Å²) in [6, 6.07) is 3.56. The van der Waals surface area contributed by atoms with E-state index in [1.807, 2.05) is 0 Å². The maximum Gasteiger partial charge on any atom is 0.358 e. The molecule has 3 rings (SSSR count). The van der Waals surface area contributed by atoms with Crippen LogP contribution in [0.4, 0.5) is 4.39 Å². The average Bonchev–Trinajstić information content (AvgIpc) is 2.92. The van der Waals surface area contributed by atoms with E-state index in [2.05, 4.69) is 9.72 Å². The Hall–Kier alpha value is -2.70. The van der Waals surface area contributed by atoms with Crippen LogP contribution in [-0.2, 0) is 11.3 Å². The van der Waals surface area contributed by atoms with Gasteiger partial charge in [0.05, 0.1) is 32.8 Å². The Kier molecular flexibility index (Phi) is 2.23. The van der Waals surface area contributed by atoms with E-state index in [-0.39, 0.29) is 29.2 Å². The zero-order valence-corrected chi connectivity index (χ0v) is 11.5. The van der Waals surface area contributed by atoms with Crippen LogP contribution in [-0.4, -0.2) is 39.9 Å². The van der Waals surface area contributed by atoms with E-state index in [9.17, 15) is 14.0 Å². The summed E-state index contributed by atoms with van der Waals surface area (Å²) in [6.45, 7) is -6.50. The number of carbonyl (C=O) groups excluding carboxylic acids is 2. The molecule has 1 aromatic carbocycles. The molecule has 0 saturated carbocycles. The van der Waals surface area contributed by atoms with Crippen LogP contribution in [0.3, 0.4) is 0 Å². The smallest absolute Gasteiger partial charge is 0.358 e. The van der Waals surface area contributed by atoms with Crippen LogP contribution in [0.2, 0.25) is 0 Å². The number of esters is 1. The number of fused-ring (bicyclic) bond motifs is 3. The van der Waals surface area contributed by atoms with Crippen LogP contribution in [0.5, 0.6) is 0 Å². The molecule has 0 aliphatic carbocycles. The number of imidazole rings is 1. The highest BCUT2D eigenvalue weighted by molar-refractivity contribution is 5.99. The molecule has 0 radical (unpaired) electrons. The van der Waals surface area contributed by atoms with Crippen LogP contribution in [0.1, 0.15) is 40.2 Å². The van der Waals surface area contributed by atoms with Gasteiger partial charge in [-0.05, 0) is 25.1 Å². The fraction of sp³-hybridized carbons (Fsp3) is 0.267. The average molecular weight is 308 g/mol. The van der Waals surface area contributed by atoms with Gasteiger partial charge < -0.3 is 9.64 Å². The van der Waals surface area contributed by atoms with E-state index in [0.29, 0.717) is 0 Å². The van der Waals surface area contributed by atoms with Crippen molar-refractivity contribution in [1.82, 2.24) is 14.5 Å². The summed E-state index contributed by atoms with van der Waals surface area (Å²) < 4.78 is 55.7. The molecule has 1 amide bonds. The Morgan fingerprint density at radius 2 is 2.41 bits per heavy atom. The molecule has 0 fully saturated rings. The van der Waals surface area contributed by atoms with Gasteiger partial charge in [-0.15, -0.1) is 0 Å². The number of nitrogens with zero attached hydrogens (tertiary/aromatic N) is 3. The Labute approximate surface area is 133 Å². The van der Waals surface area contributed by atoms with Crippen LogP contribution in [0.25, 0.3) is 5.69 Å². The summed E-state index contributed by atoms with van der Waals surface area (Å²) in [5.74, 6) is -2.37. The van der Waals surface area contributed by atoms with E-state index < -0.39 is 31.1 Å². The first-order chi connectivity index (χ1) is 12.4. The van der Waals surface area contributed by atoms with E-state index in [0.717, 1.165) is 12.1 Å². The monoisotopic (exact) mass is 308 g/mol. The summed E-state index contributed by atoms with van der Waals surface area (Å²) in [4.78, 5) is 29.9. The number of hydrogen-bond donors (Lipinski definition) is 0. The second-order valence-electron chi connectivity index (χ2n) is 4.72. The molecule has 114 valence electrons. The zero-order valence-electron chi connectivity index (χ0n) is 16.5. The number of benzene rings is 1. The van der Waals surface area contributed by atoms with Gasteiger partial charge in [0, 0.05) is 11.2 Å². The molecule has 0 atom stereocenters. The summed E-state index contributed by atoms with van der Waals surface area (Å²) >= 11 is 0. The number of ether oxygens (including phenoxy) is 1. The number of halogens is 1. The summed E-state index contributed by atoms with van der Waals surface area (Å²) in [6.07, 6.45) is 1.21. The lowest BCUT2D eigenvalue weighted by atomic mass is 10.1. The predicted octanol–water partition coefficient (Wildman–Crippen LogP) is 1.77. The first-order valence-electron chi connectivity index (χ1n) is 8.77. The topological polar surface area (TPSA) is 64.4 Å². The van der Waals surface area contributed by atoms with Crippen LogP contribution >= 0.6 is 0 Å². The lowest BCUT2D eigenvalue weighted by Gasteiger charge is -2.14. The van der Waals surface area contributed by atoms with Gasteiger partial charge in [0.25, 0.3) is 5.91 Å². The Bertz CT molecular complexity index is 941. The van der Waals surface area contributed by atoms with Gasteiger partial charge in [-0.2, -0.15) is 0 Å². The van der Waals surface area contributed by atoms with Crippen molar-refractivity contribution in [3.8, 4) is 5.69 Å². The first kappa shape index (κ1) is 9.34. The van der Waals surface area contributed by atoms with Crippen LogP contribution in [0.15, 0.2) is 24.5 Å². The van der Waals surface area contributed by atoms with Crippen molar-refractivity contribution in [3.63, 3.8) is 0 Å². The molecule has 0 bridgehead atoms. The quantitative estimate of drug-likeness (QED) is 0.793. The van der Waals surface area contributed by atoms with Crippen molar-refractivity contribution in [3.05, 3.63) is 47.3 Å². The number of aromatic nitrogens is 2. The van der Waals surface area contributed by atoms with Crippen molar-refractivity contribution in [2.24, 2.45) is 0 Å². The summed E-state index contributed by atoms with van der Waals surface area (Å²) in [7, 11) is 1.44. The summed E-state index contributed by atoms with van der Waals surface area (Å²) in [5, 5.41) is 0. The molecular formula is C15H14FN3O3. The first-order valence-corrected chi connectivity index (χ1v) is 6.27. The van der Waals surface area contributed by atoms with Gasteiger partial charge in [0.15, 0.2) is 5.69 Å². The van der Waals surface area contributed by atoms with Gasteiger partial charge in [0.2, 0.25) is 0 Å². The molecule has 0 spiro atoms. The van der Waals surface area contributed by atoms with Gasteiger partial charge in [0.1, 0.15) is 12.1 Å². The largest absolute Gasteiger partial charge is 0.461 e. The van der Waals surface area contributed by atoms with E-state index in [1.54, 1.807) is 0 Å². The highest BCUT2D eigenvalue weighted by atomic mass is 19.1. The van der Waals surface area contributed by atoms with Gasteiger partial charge >= 0.3 is 5.97 Å². The predicted molar refractivity (Wildman–Crippen MR) is 75.3 cm³/mol. The van der Waals surface area contributed by atoms with Crippen molar-refractivity contribution in [2.75, 3.05) is 13.6 Å². The van der Waals surface area contributed by atoms with E-state index in [4.69, 9.17) is 6.85 Å². The lowest BCUT2D eigenvalue weighted by Crippen LogP contribution is -2.26.